The van der Waals surface area contributed by atoms with Crippen LogP contribution >= 0.6 is 0 Å². The highest BCUT2D eigenvalue weighted by Crippen LogP contribution is 2.07. The second-order valence-corrected chi connectivity index (χ2v) is 4.34. The molecule has 0 aromatic carbocycles. The van der Waals surface area contributed by atoms with Gasteiger partial charge in [0.05, 0.1) is 0 Å². The van der Waals surface area contributed by atoms with E-state index in [1.807, 2.05) is 13.8 Å². The molecule has 0 radical (unpaired) electrons. The van der Waals surface area contributed by atoms with Gasteiger partial charge >= 0.3 is 6.03 Å². The summed E-state index contributed by atoms with van der Waals surface area (Å²) in [6, 6.07) is -0.483. The maximum Gasteiger partial charge on any atom is 0.346 e. The minimum atomic E-state index is -0.483. The number of hydrogen-bond acceptors (Lipinski definition) is 3. The summed E-state index contributed by atoms with van der Waals surface area (Å²) < 4.78 is 0. The number of hydrazine groups is 1. The Morgan fingerprint density at radius 3 is 2.50 bits per heavy atom. The van der Waals surface area contributed by atoms with Gasteiger partial charge in [0.25, 0.3) is 5.91 Å². The van der Waals surface area contributed by atoms with Crippen molar-refractivity contribution in [2.75, 3.05) is 13.6 Å². The fourth-order valence-electron chi connectivity index (χ4n) is 1.33. The molecule has 1 heterocycles. The first-order valence-electron chi connectivity index (χ1n) is 5.29. The summed E-state index contributed by atoms with van der Waals surface area (Å²) in [5.41, 5.74) is 2.32. The monoisotopic (exact) mass is 227 g/mol. The number of nitrogens with one attached hydrogen (secondary N) is 1. The molecule has 1 saturated heterocycles. The van der Waals surface area contributed by atoms with E-state index >= 15 is 0 Å². The minimum Gasteiger partial charge on any atom is -0.316 e. The number of carbonyl (C=O) groups is 3. The van der Waals surface area contributed by atoms with Gasteiger partial charge in [0.1, 0.15) is 6.54 Å². The molecule has 1 fully saturated rings. The van der Waals surface area contributed by atoms with Gasteiger partial charge in [-0.15, -0.1) is 0 Å². The van der Waals surface area contributed by atoms with E-state index in [2.05, 4.69) is 5.43 Å². The van der Waals surface area contributed by atoms with Gasteiger partial charge in [-0.05, 0) is 12.3 Å². The van der Waals surface area contributed by atoms with Crippen molar-refractivity contribution in [2.24, 2.45) is 5.92 Å². The lowest BCUT2D eigenvalue weighted by Gasteiger charge is -2.15. The Morgan fingerprint density at radius 1 is 1.44 bits per heavy atom. The number of carbonyl (C=O) groups excluding carboxylic acids is 3. The van der Waals surface area contributed by atoms with Crippen LogP contribution in [0.5, 0.6) is 0 Å². The zero-order valence-electron chi connectivity index (χ0n) is 9.82. The molecule has 6 heteroatoms. The molecule has 0 atom stereocenters. The van der Waals surface area contributed by atoms with Gasteiger partial charge in [-0.3, -0.25) is 15.0 Å². The van der Waals surface area contributed by atoms with Crippen LogP contribution < -0.4 is 5.43 Å². The maximum atomic E-state index is 11.4. The Hall–Kier alpha value is -1.59. The molecular weight excluding hydrogens is 210 g/mol. The SMILES string of the molecule is CC(C)CCC(=O)NN1C(=O)CN(C)C1=O. The average Bonchev–Trinajstić information content (AvgIpc) is 2.42. The molecule has 0 aromatic rings. The topological polar surface area (TPSA) is 69.7 Å². The van der Waals surface area contributed by atoms with Crippen LogP contribution in [-0.2, 0) is 9.59 Å². The number of nitrogens with zero attached hydrogens (tertiary/aromatic N) is 2. The normalized spacial score (nSPS) is 16.2. The van der Waals surface area contributed by atoms with E-state index < -0.39 is 11.9 Å². The molecule has 1 rings (SSSR count). The molecule has 16 heavy (non-hydrogen) atoms. The fraction of sp³-hybridized carbons (Fsp3) is 0.700. The highest BCUT2D eigenvalue weighted by atomic mass is 16.2. The molecule has 6 nitrogen and oxygen atoms in total. The number of urea groups is 1. The fourth-order valence-corrected chi connectivity index (χ4v) is 1.33. The van der Waals surface area contributed by atoms with E-state index in [9.17, 15) is 14.4 Å². The number of imide groups is 1. The van der Waals surface area contributed by atoms with Crippen LogP contribution in [0.25, 0.3) is 0 Å². The lowest BCUT2D eigenvalue weighted by Crippen LogP contribution is -2.46. The first-order chi connectivity index (χ1) is 7.41. The third-order valence-electron chi connectivity index (χ3n) is 2.32. The number of rotatable bonds is 4. The average molecular weight is 227 g/mol. The van der Waals surface area contributed by atoms with Gasteiger partial charge in [-0.25, -0.2) is 4.79 Å². The van der Waals surface area contributed by atoms with Crippen molar-refractivity contribution in [3.05, 3.63) is 0 Å². The smallest absolute Gasteiger partial charge is 0.316 e. The van der Waals surface area contributed by atoms with Gasteiger partial charge in [0.2, 0.25) is 5.91 Å². The highest BCUT2D eigenvalue weighted by molar-refractivity contribution is 6.03. The third-order valence-corrected chi connectivity index (χ3v) is 2.32. The second kappa shape index (κ2) is 4.96. The quantitative estimate of drug-likeness (QED) is 0.704. The molecular formula is C10H17N3O3. The molecule has 1 aliphatic heterocycles. The van der Waals surface area contributed by atoms with Gasteiger partial charge in [-0.1, -0.05) is 13.8 Å². The van der Waals surface area contributed by atoms with Crippen LogP contribution in [0.3, 0.4) is 0 Å². The van der Waals surface area contributed by atoms with Crippen molar-refractivity contribution in [1.82, 2.24) is 15.3 Å². The number of likely N-dealkylation sites (N-methyl/N-ethyl adjacent to an activating group) is 1. The van der Waals surface area contributed by atoms with Gasteiger partial charge in [0, 0.05) is 13.5 Å². The number of amides is 4. The molecule has 0 aromatic heterocycles. The molecule has 1 N–H and O–H groups in total. The lowest BCUT2D eigenvalue weighted by atomic mass is 10.1. The first-order valence-corrected chi connectivity index (χ1v) is 5.29. The van der Waals surface area contributed by atoms with Crippen LogP contribution in [0.4, 0.5) is 4.79 Å². The Morgan fingerprint density at radius 2 is 2.06 bits per heavy atom. The van der Waals surface area contributed by atoms with Crippen LogP contribution in [0.1, 0.15) is 26.7 Å². The molecule has 0 bridgehead atoms. The van der Waals surface area contributed by atoms with E-state index in [1.54, 1.807) is 0 Å². The highest BCUT2D eigenvalue weighted by Gasteiger charge is 2.34. The van der Waals surface area contributed by atoms with E-state index in [-0.39, 0.29) is 12.5 Å². The summed E-state index contributed by atoms with van der Waals surface area (Å²) in [5.74, 6) is -0.283. The second-order valence-electron chi connectivity index (χ2n) is 4.34. The summed E-state index contributed by atoms with van der Waals surface area (Å²) in [5, 5.41) is 0.780. The molecule has 0 saturated carbocycles. The molecule has 0 unspecified atom stereocenters. The van der Waals surface area contributed by atoms with Crippen molar-refractivity contribution >= 4 is 17.8 Å². The Bertz CT molecular complexity index is 314. The zero-order chi connectivity index (χ0) is 12.3. The first kappa shape index (κ1) is 12.5. The third kappa shape index (κ3) is 2.95. The molecule has 0 spiro atoms. The van der Waals surface area contributed by atoms with Crippen molar-refractivity contribution in [1.29, 1.82) is 0 Å². The van der Waals surface area contributed by atoms with Crippen LogP contribution in [-0.4, -0.2) is 41.3 Å². The molecule has 0 aliphatic carbocycles. The predicted molar refractivity (Wildman–Crippen MR) is 57.1 cm³/mol. The minimum absolute atomic E-state index is 0.0172. The van der Waals surface area contributed by atoms with Crippen LogP contribution in [0, 0.1) is 5.92 Å². The summed E-state index contributed by atoms with van der Waals surface area (Å²) in [6.45, 7) is 4.03. The number of hydrogen-bond donors (Lipinski definition) is 1. The maximum absolute atomic E-state index is 11.4. The summed E-state index contributed by atoms with van der Waals surface area (Å²) >= 11 is 0. The van der Waals surface area contributed by atoms with E-state index in [1.165, 1.54) is 11.9 Å². The zero-order valence-corrected chi connectivity index (χ0v) is 9.82. The van der Waals surface area contributed by atoms with Gasteiger partial charge < -0.3 is 4.90 Å². The van der Waals surface area contributed by atoms with E-state index in [0.717, 1.165) is 11.4 Å². The molecule has 4 amide bonds. The Balaban J connectivity index is 2.45. The van der Waals surface area contributed by atoms with Crippen molar-refractivity contribution in [3.63, 3.8) is 0 Å². The molecule has 90 valence electrons. The molecule has 1 aliphatic rings. The van der Waals surface area contributed by atoms with Gasteiger partial charge in [-0.2, -0.15) is 5.01 Å². The van der Waals surface area contributed by atoms with Crippen molar-refractivity contribution in [2.45, 2.75) is 26.7 Å². The van der Waals surface area contributed by atoms with Crippen molar-refractivity contribution in [3.8, 4) is 0 Å². The summed E-state index contributed by atoms with van der Waals surface area (Å²) in [4.78, 5) is 35.4. The van der Waals surface area contributed by atoms with E-state index in [0.29, 0.717) is 12.3 Å². The van der Waals surface area contributed by atoms with Crippen molar-refractivity contribution < 1.29 is 14.4 Å². The lowest BCUT2D eigenvalue weighted by molar-refractivity contribution is -0.135. The predicted octanol–water partition coefficient (Wildman–Crippen LogP) is 0.348. The Kier molecular flexibility index (Phi) is 3.87. The van der Waals surface area contributed by atoms with Gasteiger partial charge in [0.15, 0.2) is 0 Å². The van der Waals surface area contributed by atoms with Crippen LogP contribution in [0.15, 0.2) is 0 Å². The standard InChI is InChI=1S/C10H17N3O3/c1-7(2)4-5-8(14)11-13-9(15)6-12(3)10(13)16/h7H,4-6H2,1-3H3,(H,11,14). The summed E-state index contributed by atoms with van der Waals surface area (Å²) in [7, 11) is 1.51. The summed E-state index contributed by atoms with van der Waals surface area (Å²) in [6.07, 6.45) is 1.05. The van der Waals surface area contributed by atoms with E-state index in [4.69, 9.17) is 0 Å². The van der Waals surface area contributed by atoms with Crippen LogP contribution in [0.2, 0.25) is 0 Å². The Labute approximate surface area is 94.5 Å². The largest absolute Gasteiger partial charge is 0.346 e.